The molecule has 0 bridgehead atoms. The summed E-state index contributed by atoms with van der Waals surface area (Å²) in [7, 11) is 0. The van der Waals surface area contributed by atoms with E-state index in [1.807, 2.05) is 12.1 Å². The van der Waals surface area contributed by atoms with Gasteiger partial charge in [0.15, 0.2) is 0 Å². The van der Waals surface area contributed by atoms with Gasteiger partial charge in [-0.15, -0.1) is 0 Å². The van der Waals surface area contributed by atoms with Gasteiger partial charge < -0.3 is 15.7 Å². The van der Waals surface area contributed by atoms with Crippen LogP contribution in [0, 0.1) is 0 Å². The third-order valence-corrected chi connectivity index (χ3v) is 6.22. The van der Waals surface area contributed by atoms with Crippen molar-refractivity contribution in [3.63, 3.8) is 0 Å². The number of halogens is 3. The molecule has 1 aromatic carbocycles. The van der Waals surface area contributed by atoms with Gasteiger partial charge in [0.25, 0.3) is 5.91 Å². The van der Waals surface area contributed by atoms with Crippen LogP contribution in [0.15, 0.2) is 42.7 Å². The lowest BCUT2D eigenvalue weighted by molar-refractivity contribution is -0.143. The predicted molar refractivity (Wildman–Crippen MR) is 123 cm³/mol. The van der Waals surface area contributed by atoms with Gasteiger partial charge in [0, 0.05) is 57.7 Å². The molecule has 3 N–H and O–H groups in total. The topological polar surface area (TPSA) is 80.7 Å². The largest absolute Gasteiger partial charge is 0.401 e. The van der Waals surface area contributed by atoms with Crippen LogP contribution in [0.2, 0.25) is 0 Å². The second-order valence-electron chi connectivity index (χ2n) is 9.06. The second-order valence-corrected chi connectivity index (χ2v) is 9.06. The molecule has 0 aliphatic carbocycles. The first-order chi connectivity index (χ1) is 16.2. The van der Waals surface area contributed by atoms with Gasteiger partial charge in [-0.3, -0.25) is 19.6 Å². The minimum absolute atomic E-state index is 0.115. The number of hydrogen-bond acceptors (Lipinski definition) is 6. The van der Waals surface area contributed by atoms with E-state index in [1.54, 1.807) is 12.3 Å². The van der Waals surface area contributed by atoms with Crippen molar-refractivity contribution in [2.75, 3.05) is 44.6 Å². The molecule has 0 radical (unpaired) electrons. The van der Waals surface area contributed by atoms with E-state index in [2.05, 4.69) is 32.7 Å². The number of nitrogens with one attached hydrogen (secondary N) is 2. The number of β-amino-alcohol motifs (C(OH)–C–C–N with tert-alkyl or cyclic N) is 1. The fourth-order valence-electron chi connectivity index (χ4n) is 4.61. The molecule has 0 spiro atoms. The molecule has 1 unspecified atom stereocenters. The fraction of sp³-hybridized carbons (Fsp3) is 0.500. The average Bonchev–Trinajstić information content (AvgIpc) is 3.22. The number of rotatable bonds is 8. The molecule has 1 fully saturated rings. The maximum Gasteiger partial charge on any atom is 0.401 e. The third kappa shape index (κ3) is 6.91. The van der Waals surface area contributed by atoms with Crippen LogP contribution >= 0.6 is 0 Å². The summed E-state index contributed by atoms with van der Waals surface area (Å²) >= 11 is 0. The number of carbonyl (C=O) groups is 1. The Morgan fingerprint density at radius 1 is 1.18 bits per heavy atom. The first kappa shape index (κ1) is 24.4. The highest BCUT2D eigenvalue weighted by atomic mass is 19.4. The highest BCUT2D eigenvalue weighted by molar-refractivity contribution is 5.94. The van der Waals surface area contributed by atoms with Crippen molar-refractivity contribution in [3.05, 3.63) is 59.4 Å². The number of aromatic nitrogens is 1. The molecular formula is C24H30F3N5O2. The van der Waals surface area contributed by atoms with Crippen LogP contribution in [0.1, 0.15) is 27.9 Å². The van der Waals surface area contributed by atoms with E-state index in [-0.39, 0.29) is 25.0 Å². The molecule has 1 aromatic heterocycles. The number of benzene rings is 1. The lowest BCUT2D eigenvalue weighted by atomic mass is 10.00. The number of amides is 1. The van der Waals surface area contributed by atoms with Gasteiger partial charge >= 0.3 is 6.18 Å². The van der Waals surface area contributed by atoms with Gasteiger partial charge in [0.05, 0.1) is 23.9 Å². The molecule has 2 atom stereocenters. The molecule has 1 amide bonds. The van der Waals surface area contributed by atoms with E-state index < -0.39 is 18.8 Å². The van der Waals surface area contributed by atoms with Crippen LogP contribution in [0.4, 0.5) is 18.9 Å². The number of aliphatic hydroxyl groups is 1. The average molecular weight is 478 g/mol. The van der Waals surface area contributed by atoms with Crippen molar-refractivity contribution in [2.45, 2.75) is 37.7 Å². The molecule has 184 valence electrons. The van der Waals surface area contributed by atoms with Crippen molar-refractivity contribution in [1.29, 1.82) is 0 Å². The van der Waals surface area contributed by atoms with Crippen molar-refractivity contribution in [1.82, 2.24) is 20.1 Å². The van der Waals surface area contributed by atoms with Crippen molar-refractivity contribution in [2.24, 2.45) is 0 Å². The summed E-state index contributed by atoms with van der Waals surface area (Å²) in [5.74, 6) is -0.357. The number of fused-ring (bicyclic) bond motifs is 1. The van der Waals surface area contributed by atoms with Gasteiger partial charge in [-0.1, -0.05) is 24.3 Å². The molecule has 34 heavy (non-hydrogen) atoms. The maximum atomic E-state index is 12.6. The first-order valence-electron chi connectivity index (χ1n) is 11.5. The maximum absolute atomic E-state index is 12.6. The smallest absolute Gasteiger partial charge is 0.390 e. The quantitative estimate of drug-likeness (QED) is 0.542. The number of alkyl halides is 3. The Balaban J connectivity index is 1.23. The van der Waals surface area contributed by atoms with E-state index in [0.29, 0.717) is 30.8 Å². The number of carbonyl (C=O) groups excluding carboxylic acids is 1. The Morgan fingerprint density at radius 3 is 2.76 bits per heavy atom. The SMILES string of the molecule is O=C(NC[C@H](O)CN1CCc2ccccc2C1)c1cncc(NC2CCN(CC(F)(F)F)C2)c1. The van der Waals surface area contributed by atoms with Gasteiger partial charge in [-0.05, 0) is 30.0 Å². The predicted octanol–water partition coefficient (Wildman–Crippen LogP) is 2.28. The molecule has 3 heterocycles. The van der Waals surface area contributed by atoms with Crippen LogP contribution in [-0.2, 0) is 13.0 Å². The van der Waals surface area contributed by atoms with Crippen LogP contribution in [-0.4, -0.2) is 83.4 Å². The zero-order valence-corrected chi connectivity index (χ0v) is 18.9. The van der Waals surface area contributed by atoms with Crippen molar-refractivity contribution < 1.29 is 23.1 Å². The lowest BCUT2D eigenvalue weighted by Gasteiger charge is -2.30. The summed E-state index contributed by atoms with van der Waals surface area (Å²) < 4.78 is 37.8. The van der Waals surface area contributed by atoms with E-state index in [9.17, 15) is 23.1 Å². The summed E-state index contributed by atoms with van der Waals surface area (Å²) in [6.45, 7) is 1.95. The molecule has 10 heteroatoms. The Hall–Kier alpha value is -2.69. The molecule has 1 saturated heterocycles. The van der Waals surface area contributed by atoms with Crippen LogP contribution in [0.5, 0.6) is 0 Å². The number of aliphatic hydroxyl groups excluding tert-OH is 1. The number of anilines is 1. The normalized spacial score (nSPS) is 20.1. The van der Waals surface area contributed by atoms with Crippen LogP contribution < -0.4 is 10.6 Å². The number of hydrogen-bond donors (Lipinski definition) is 3. The van der Waals surface area contributed by atoms with Crippen molar-refractivity contribution in [3.8, 4) is 0 Å². The van der Waals surface area contributed by atoms with Gasteiger partial charge in [-0.25, -0.2) is 0 Å². The molecule has 2 aliphatic rings. The molecule has 7 nitrogen and oxygen atoms in total. The fourth-order valence-corrected chi connectivity index (χ4v) is 4.61. The monoisotopic (exact) mass is 477 g/mol. The minimum Gasteiger partial charge on any atom is -0.390 e. The molecular weight excluding hydrogens is 447 g/mol. The lowest BCUT2D eigenvalue weighted by Crippen LogP contribution is -2.42. The standard InChI is InChI=1S/C24H30F3N5O2/c25-24(26,27)16-32-8-6-20(14-32)30-21-9-19(10-28-11-21)23(34)29-12-22(33)15-31-7-5-17-3-1-2-4-18(17)13-31/h1-4,9-11,20,22,30,33H,5-8,12-16H2,(H,29,34)/t20?,22-/m0/s1. The van der Waals surface area contributed by atoms with Crippen LogP contribution in [0.3, 0.4) is 0 Å². The molecule has 0 saturated carbocycles. The van der Waals surface area contributed by atoms with Gasteiger partial charge in [-0.2, -0.15) is 13.2 Å². The number of likely N-dealkylation sites (tertiary alicyclic amines) is 1. The zero-order valence-electron chi connectivity index (χ0n) is 18.9. The van der Waals surface area contributed by atoms with E-state index in [0.717, 1.165) is 19.5 Å². The Bertz CT molecular complexity index is 987. The van der Waals surface area contributed by atoms with E-state index in [4.69, 9.17) is 0 Å². The summed E-state index contributed by atoms with van der Waals surface area (Å²) in [6, 6.07) is 9.77. The van der Waals surface area contributed by atoms with Gasteiger partial charge in [0.2, 0.25) is 0 Å². The minimum atomic E-state index is -4.21. The highest BCUT2D eigenvalue weighted by Gasteiger charge is 2.34. The zero-order chi connectivity index (χ0) is 24.1. The Labute approximate surface area is 197 Å². The van der Waals surface area contributed by atoms with E-state index >= 15 is 0 Å². The van der Waals surface area contributed by atoms with Gasteiger partial charge in [0.1, 0.15) is 0 Å². The summed E-state index contributed by atoms with van der Waals surface area (Å²) in [5.41, 5.74) is 3.52. The molecule has 2 aliphatic heterocycles. The second kappa shape index (κ2) is 10.7. The first-order valence-corrected chi connectivity index (χ1v) is 11.5. The number of nitrogens with zero attached hydrogens (tertiary/aromatic N) is 3. The summed E-state index contributed by atoms with van der Waals surface area (Å²) in [6.07, 6.45) is -0.417. The van der Waals surface area contributed by atoms with E-state index in [1.165, 1.54) is 22.2 Å². The molecule has 4 rings (SSSR count). The van der Waals surface area contributed by atoms with Crippen LogP contribution in [0.25, 0.3) is 0 Å². The third-order valence-electron chi connectivity index (χ3n) is 6.22. The molecule has 2 aromatic rings. The number of pyridine rings is 1. The summed E-state index contributed by atoms with van der Waals surface area (Å²) in [5, 5.41) is 16.3. The summed E-state index contributed by atoms with van der Waals surface area (Å²) in [4.78, 5) is 20.2. The van der Waals surface area contributed by atoms with Crippen molar-refractivity contribution >= 4 is 11.6 Å². The Kier molecular flexibility index (Phi) is 7.70. The highest BCUT2D eigenvalue weighted by Crippen LogP contribution is 2.22. The Morgan fingerprint density at radius 2 is 1.97 bits per heavy atom.